The van der Waals surface area contributed by atoms with Crippen molar-refractivity contribution in [2.75, 3.05) is 32.9 Å². The molecule has 1 saturated heterocycles. The van der Waals surface area contributed by atoms with Crippen LogP contribution in [0.15, 0.2) is 21.5 Å². The topological polar surface area (TPSA) is 66.6 Å². The predicted molar refractivity (Wildman–Crippen MR) is 89.0 cm³/mol. The summed E-state index contributed by atoms with van der Waals surface area (Å²) in [5.74, 6) is 0. The Bertz CT molecular complexity index is 631. The lowest BCUT2D eigenvalue weighted by Gasteiger charge is -2.34. The maximum Gasteiger partial charge on any atom is 0.244 e. The van der Waals surface area contributed by atoms with E-state index in [1.165, 1.54) is 16.4 Å². The number of benzene rings is 1. The van der Waals surface area contributed by atoms with Crippen molar-refractivity contribution in [1.29, 1.82) is 0 Å². The molecule has 1 heterocycles. The van der Waals surface area contributed by atoms with E-state index in [1.807, 2.05) is 7.05 Å². The number of hydrogen-bond acceptors (Lipinski definition) is 4. The van der Waals surface area contributed by atoms with Gasteiger partial charge in [-0.25, -0.2) is 8.42 Å². The highest BCUT2D eigenvalue weighted by Gasteiger charge is 2.32. The number of piperidine rings is 1. The Kier molecular flexibility index (Phi) is 5.20. The second kappa shape index (κ2) is 6.42. The summed E-state index contributed by atoms with van der Waals surface area (Å²) in [5, 5.41) is 0.311. The Labute approximate surface area is 139 Å². The fourth-order valence-corrected chi connectivity index (χ4v) is 5.15. The molecule has 0 unspecified atom stereocenters. The van der Waals surface area contributed by atoms with Crippen molar-refractivity contribution < 1.29 is 8.42 Å². The Morgan fingerprint density at radius 3 is 2.52 bits per heavy atom. The summed E-state index contributed by atoms with van der Waals surface area (Å²) in [4.78, 5) is 2.32. The van der Waals surface area contributed by atoms with Crippen molar-refractivity contribution in [2.45, 2.75) is 23.8 Å². The summed E-state index contributed by atoms with van der Waals surface area (Å²) < 4.78 is 27.4. The van der Waals surface area contributed by atoms with E-state index in [0.717, 1.165) is 25.9 Å². The number of nitrogen functional groups attached to an aromatic ring is 1. The number of hydrogen-bond donors (Lipinski definition) is 1. The monoisotopic (exact) mass is 395 g/mol. The van der Waals surface area contributed by atoms with Gasteiger partial charge in [-0.3, -0.25) is 0 Å². The number of halogens is 2. The van der Waals surface area contributed by atoms with Gasteiger partial charge in [0.25, 0.3) is 0 Å². The summed E-state index contributed by atoms with van der Waals surface area (Å²) >= 11 is 9.20. The van der Waals surface area contributed by atoms with E-state index in [4.69, 9.17) is 17.3 Å². The molecule has 1 aromatic rings. The van der Waals surface area contributed by atoms with Crippen molar-refractivity contribution in [3.8, 4) is 0 Å². The summed E-state index contributed by atoms with van der Waals surface area (Å²) in [7, 11) is 0.0323. The zero-order chi connectivity index (χ0) is 15.8. The quantitative estimate of drug-likeness (QED) is 0.797. The molecular formula is C13H19BrClN3O2S. The van der Waals surface area contributed by atoms with E-state index in [2.05, 4.69) is 20.8 Å². The molecule has 0 bridgehead atoms. The van der Waals surface area contributed by atoms with Crippen molar-refractivity contribution >= 4 is 43.2 Å². The standard InChI is InChI=1S/C13H19BrClN3O2S/c1-17-5-3-10(4-6-17)18(2)21(19,20)12-8-9(15)7-11(16)13(12)14/h7-8,10H,3-6,16H2,1-2H3. The van der Waals surface area contributed by atoms with Crippen LogP contribution in [0.1, 0.15) is 12.8 Å². The SMILES string of the molecule is CN1CCC(N(C)S(=O)(=O)c2cc(Cl)cc(N)c2Br)CC1. The van der Waals surface area contributed by atoms with Crippen LogP contribution in [0.2, 0.25) is 5.02 Å². The molecule has 1 fully saturated rings. The maximum atomic E-state index is 12.8. The Hall–Kier alpha value is -0.340. The number of rotatable bonds is 3. The van der Waals surface area contributed by atoms with Gasteiger partial charge in [0.2, 0.25) is 10.0 Å². The Morgan fingerprint density at radius 2 is 1.95 bits per heavy atom. The second-order valence-electron chi connectivity index (χ2n) is 5.36. The molecular weight excluding hydrogens is 378 g/mol. The molecule has 0 radical (unpaired) electrons. The summed E-state index contributed by atoms with van der Waals surface area (Å²) in [5.41, 5.74) is 6.11. The van der Waals surface area contributed by atoms with Gasteiger partial charge < -0.3 is 10.6 Å². The third kappa shape index (κ3) is 3.53. The zero-order valence-corrected chi connectivity index (χ0v) is 15.2. The van der Waals surface area contributed by atoms with E-state index in [-0.39, 0.29) is 10.9 Å². The molecule has 5 nitrogen and oxygen atoms in total. The van der Waals surface area contributed by atoms with Crippen molar-refractivity contribution in [3.05, 3.63) is 21.6 Å². The highest BCUT2D eigenvalue weighted by atomic mass is 79.9. The van der Waals surface area contributed by atoms with E-state index in [1.54, 1.807) is 7.05 Å². The van der Waals surface area contributed by atoms with Crippen LogP contribution in [-0.4, -0.2) is 50.8 Å². The lowest BCUT2D eigenvalue weighted by molar-refractivity contribution is 0.197. The van der Waals surface area contributed by atoms with Crippen molar-refractivity contribution in [1.82, 2.24) is 9.21 Å². The molecule has 2 N–H and O–H groups in total. The number of sulfonamides is 1. The smallest absolute Gasteiger partial charge is 0.244 e. The largest absolute Gasteiger partial charge is 0.398 e. The molecule has 0 spiro atoms. The molecule has 1 aliphatic rings. The molecule has 118 valence electrons. The van der Waals surface area contributed by atoms with Crippen LogP contribution in [0.3, 0.4) is 0 Å². The minimum Gasteiger partial charge on any atom is -0.398 e. The Balaban J connectivity index is 2.34. The molecule has 0 aromatic heterocycles. The van der Waals surface area contributed by atoms with Gasteiger partial charge in [-0.15, -0.1) is 0 Å². The molecule has 0 saturated carbocycles. The number of anilines is 1. The van der Waals surface area contributed by atoms with E-state index < -0.39 is 10.0 Å². The fraction of sp³-hybridized carbons (Fsp3) is 0.538. The van der Waals surface area contributed by atoms with Crippen LogP contribution in [0.5, 0.6) is 0 Å². The number of likely N-dealkylation sites (tertiary alicyclic amines) is 1. The lowest BCUT2D eigenvalue weighted by atomic mass is 10.1. The molecule has 2 rings (SSSR count). The van der Waals surface area contributed by atoms with Crippen LogP contribution >= 0.6 is 27.5 Å². The third-order valence-electron chi connectivity index (χ3n) is 3.89. The number of nitrogens with zero attached hydrogens (tertiary/aromatic N) is 2. The van der Waals surface area contributed by atoms with Crippen molar-refractivity contribution in [3.63, 3.8) is 0 Å². The molecule has 8 heteroatoms. The van der Waals surface area contributed by atoms with Gasteiger partial charge in [-0.2, -0.15) is 4.31 Å². The first-order valence-corrected chi connectivity index (χ1v) is 9.25. The normalized spacial score (nSPS) is 18.3. The minimum absolute atomic E-state index is 0.00157. The van der Waals surface area contributed by atoms with Gasteiger partial charge in [0, 0.05) is 23.8 Å². The third-order valence-corrected chi connectivity index (χ3v) is 7.19. The fourth-order valence-electron chi connectivity index (χ4n) is 2.48. The van der Waals surface area contributed by atoms with Crippen LogP contribution in [0.4, 0.5) is 5.69 Å². The van der Waals surface area contributed by atoms with E-state index in [9.17, 15) is 8.42 Å². The summed E-state index contributed by atoms with van der Waals surface area (Å²) in [6, 6.07) is 2.96. The highest BCUT2D eigenvalue weighted by molar-refractivity contribution is 9.10. The van der Waals surface area contributed by atoms with Crippen LogP contribution in [0, 0.1) is 0 Å². The predicted octanol–water partition coefficient (Wildman–Crippen LogP) is 2.40. The summed E-state index contributed by atoms with van der Waals surface area (Å²) in [6.07, 6.45) is 1.64. The zero-order valence-electron chi connectivity index (χ0n) is 12.0. The number of nitrogens with two attached hydrogens (primary N) is 1. The molecule has 0 aliphatic carbocycles. The minimum atomic E-state index is -3.63. The Morgan fingerprint density at radius 1 is 1.38 bits per heavy atom. The molecule has 0 amide bonds. The van der Waals surface area contributed by atoms with Crippen molar-refractivity contribution in [2.24, 2.45) is 0 Å². The first-order valence-electron chi connectivity index (χ1n) is 6.64. The van der Waals surface area contributed by atoms with Gasteiger partial charge in [-0.05, 0) is 61.0 Å². The highest BCUT2D eigenvalue weighted by Crippen LogP contribution is 2.34. The van der Waals surface area contributed by atoms with Gasteiger partial charge in [0.05, 0.1) is 9.37 Å². The van der Waals surface area contributed by atoms with Crippen LogP contribution in [0.25, 0.3) is 0 Å². The molecule has 1 aliphatic heterocycles. The van der Waals surface area contributed by atoms with Gasteiger partial charge >= 0.3 is 0 Å². The maximum absolute atomic E-state index is 12.8. The lowest BCUT2D eigenvalue weighted by Crippen LogP contribution is -2.44. The molecule has 0 atom stereocenters. The van der Waals surface area contributed by atoms with E-state index >= 15 is 0 Å². The van der Waals surface area contributed by atoms with Crippen LogP contribution in [-0.2, 0) is 10.0 Å². The molecule has 1 aromatic carbocycles. The van der Waals surface area contributed by atoms with Gasteiger partial charge in [-0.1, -0.05) is 11.6 Å². The van der Waals surface area contributed by atoms with Gasteiger partial charge in [0.1, 0.15) is 0 Å². The van der Waals surface area contributed by atoms with Gasteiger partial charge in [0.15, 0.2) is 0 Å². The van der Waals surface area contributed by atoms with E-state index in [0.29, 0.717) is 15.2 Å². The second-order valence-corrected chi connectivity index (χ2v) is 8.56. The average Bonchev–Trinajstić information content (AvgIpc) is 2.42. The first kappa shape index (κ1) is 17.0. The summed E-state index contributed by atoms with van der Waals surface area (Å²) in [6.45, 7) is 1.78. The molecule has 21 heavy (non-hydrogen) atoms. The average molecular weight is 397 g/mol. The first-order chi connectivity index (χ1) is 9.73. The van der Waals surface area contributed by atoms with Crippen LogP contribution < -0.4 is 5.73 Å².